The van der Waals surface area contributed by atoms with Crippen LogP contribution in [-0.4, -0.2) is 0 Å². The quantitative estimate of drug-likeness (QED) is 0.155. The van der Waals surface area contributed by atoms with Crippen LogP contribution in [0.3, 0.4) is 0 Å². The molecule has 63 heavy (non-hydrogen) atoms. The summed E-state index contributed by atoms with van der Waals surface area (Å²) < 4.78 is 0. The number of nitrogens with zero attached hydrogens (tertiary/aromatic N) is 2. The van der Waals surface area contributed by atoms with Gasteiger partial charge in [-0.25, -0.2) is 0 Å². The molecule has 11 aromatic rings. The van der Waals surface area contributed by atoms with Gasteiger partial charge in [0.2, 0.25) is 0 Å². The Bertz CT molecular complexity index is 3480. The lowest BCUT2D eigenvalue weighted by Gasteiger charge is -2.33. The molecule has 0 aliphatic heterocycles. The molecule has 0 saturated heterocycles. The van der Waals surface area contributed by atoms with E-state index in [0.717, 1.165) is 34.1 Å². The molecule has 0 heterocycles. The summed E-state index contributed by atoms with van der Waals surface area (Å²) in [5.74, 6) is 0. The number of hydrogen-bond donors (Lipinski definition) is 0. The third kappa shape index (κ3) is 5.13. The highest BCUT2D eigenvalue weighted by atomic mass is 15.1. The minimum Gasteiger partial charge on any atom is -0.310 e. The fourth-order valence-electron chi connectivity index (χ4n) is 11.1. The van der Waals surface area contributed by atoms with E-state index in [-0.39, 0.29) is 0 Å². The minimum absolute atomic E-state index is 0.613. The molecule has 1 unspecified atom stereocenters. The smallest absolute Gasteiger partial charge is 0.0732 e. The highest BCUT2D eigenvalue weighted by Crippen LogP contribution is 2.67. The average molecular weight is 801 g/mol. The van der Waals surface area contributed by atoms with E-state index in [4.69, 9.17) is 0 Å². The molecule has 2 aliphatic carbocycles. The van der Waals surface area contributed by atoms with E-state index < -0.39 is 5.41 Å². The van der Waals surface area contributed by atoms with Crippen molar-refractivity contribution in [3.05, 3.63) is 265 Å². The van der Waals surface area contributed by atoms with Gasteiger partial charge in [0.25, 0.3) is 0 Å². The van der Waals surface area contributed by atoms with Crippen molar-refractivity contribution in [3.63, 3.8) is 0 Å². The van der Waals surface area contributed by atoms with Crippen molar-refractivity contribution < 1.29 is 0 Å². The summed E-state index contributed by atoms with van der Waals surface area (Å²) in [6, 6.07) is 89.5. The fraction of sp³-hybridized carbons (Fsp3) is 0.0164. The largest absolute Gasteiger partial charge is 0.310 e. The summed E-state index contributed by atoms with van der Waals surface area (Å²) in [4.78, 5) is 4.79. The summed E-state index contributed by atoms with van der Waals surface area (Å²) in [7, 11) is 0. The van der Waals surface area contributed by atoms with Crippen molar-refractivity contribution in [1.82, 2.24) is 0 Å². The number of fused-ring (bicyclic) bond motifs is 17. The van der Waals surface area contributed by atoms with Crippen LogP contribution in [-0.2, 0) is 5.41 Å². The van der Waals surface area contributed by atoms with E-state index in [1.807, 2.05) is 0 Å². The SMILES string of the molecule is c1ccc(N(c2ccccc2)c2ccc3c(c2)C2(c4ccccc4-c4c2ccc2ccccc42)c2c-3c3ccccc3c3cc(N(c4ccccc4)c4ccccc4)ccc23)cc1. The maximum atomic E-state index is 2.51. The normalized spacial score (nSPS) is 14.4. The van der Waals surface area contributed by atoms with Crippen LogP contribution in [0.5, 0.6) is 0 Å². The van der Waals surface area contributed by atoms with Gasteiger partial charge in [-0.15, -0.1) is 0 Å². The van der Waals surface area contributed by atoms with Crippen molar-refractivity contribution >= 4 is 66.4 Å². The number of para-hydroxylation sites is 4. The van der Waals surface area contributed by atoms with Gasteiger partial charge in [-0.3, -0.25) is 0 Å². The molecule has 0 N–H and O–H groups in total. The molecule has 2 heteroatoms. The molecule has 13 rings (SSSR count). The van der Waals surface area contributed by atoms with E-state index in [0.29, 0.717) is 0 Å². The molecule has 1 spiro atoms. The lowest BCUT2D eigenvalue weighted by molar-refractivity contribution is 0.802. The minimum atomic E-state index is -0.613. The topological polar surface area (TPSA) is 6.48 Å². The van der Waals surface area contributed by atoms with Gasteiger partial charge in [-0.2, -0.15) is 0 Å². The molecule has 0 radical (unpaired) electrons. The van der Waals surface area contributed by atoms with Crippen LogP contribution in [0.4, 0.5) is 34.1 Å². The lowest BCUT2D eigenvalue weighted by Crippen LogP contribution is -2.26. The second kappa shape index (κ2) is 13.9. The summed E-state index contributed by atoms with van der Waals surface area (Å²) in [6.07, 6.45) is 0. The molecule has 1 atom stereocenters. The predicted molar refractivity (Wildman–Crippen MR) is 265 cm³/mol. The van der Waals surface area contributed by atoms with E-state index in [1.165, 1.54) is 76.8 Å². The third-order valence-electron chi connectivity index (χ3n) is 13.6. The second-order valence-corrected chi connectivity index (χ2v) is 16.8. The van der Waals surface area contributed by atoms with Gasteiger partial charge >= 0.3 is 0 Å². The van der Waals surface area contributed by atoms with Crippen LogP contribution >= 0.6 is 0 Å². The van der Waals surface area contributed by atoms with Gasteiger partial charge in [-0.1, -0.05) is 170 Å². The Morgan fingerprint density at radius 3 is 1.38 bits per heavy atom. The Balaban J connectivity index is 1.17. The van der Waals surface area contributed by atoms with Crippen LogP contribution in [0, 0.1) is 0 Å². The Hall–Kier alpha value is -8.20. The van der Waals surface area contributed by atoms with Gasteiger partial charge < -0.3 is 9.80 Å². The summed E-state index contributed by atoms with van der Waals surface area (Å²) in [6.45, 7) is 0. The first kappa shape index (κ1) is 35.5. The van der Waals surface area contributed by atoms with Crippen molar-refractivity contribution in [2.24, 2.45) is 0 Å². The first-order valence-corrected chi connectivity index (χ1v) is 21.9. The molecule has 0 aromatic heterocycles. The Labute approximate surface area is 367 Å². The summed E-state index contributed by atoms with van der Waals surface area (Å²) in [5.41, 5.74) is 16.7. The maximum absolute atomic E-state index is 2.51. The molecular weight excluding hydrogens is 761 g/mol. The Kier molecular flexibility index (Phi) is 7.85. The average Bonchev–Trinajstić information content (AvgIpc) is 3.83. The fourth-order valence-corrected chi connectivity index (χ4v) is 11.1. The lowest BCUT2D eigenvalue weighted by atomic mass is 9.69. The van der Waals surface area contributed by atoms with Crippen molar-refractivity contribution in [3.8, 4) is 22.3 Å². The highest BCUT2D eigenvalue weighted by molar-refractivity contribution is 6.21. The summed E-state index contributed by atoms with van der Waals surface area (Å²) in [5, 5.41) is 7.57. The number of anilines is 6. The van der Waals surface area contributed by atoms with Gasteiger partial charge in [0.15, 0.2) is 0 Å². The van der Waals surface area contributed by atoms with Crippen LogP contribution in [0.15, 0.2) is 243 Å². The van der Waals surface area contributed by atoms with Crippen LogP contribution in [0.25, 0.3) is 54.6 Å². The maximum Gasteiger partial charge on any atom is 0.0732 e. The molecule has 0 fully saturated rings. The molecular formula is C61H40N2. The number of hydrogen-bond acceptors (Lipinski definition) is 2. The van der Waals surface area contributed by atoms with E-state index in [2.05, 4.69) is 252 Å². The van der Waals surface area contributed by atoms with Gasteiger partial charge in [0.1, 0.15) is 0 Å². The molecule has 2 aliphatic rings. The van der Waals surface area contributed by atoms with Gasteiger partial charge in [-0.05, 0) is 150 Å². The first-order chi connectivity index (χ1) is 31.3. The second-order valence-electron chi connectivity index (χ2n) is 16.8. The number of rotatable bonds is 6. The molecule has 0 saturated carbocycles. The van der Waals surface area contributed by atoms with Crippen LogP contribution in [0.2, 0.25) is 0 Å². The molecule has 0 bridgehead atoms. The highest BCUT2D eigenvalue weighted by Gasteiger charge is 2.53. The van der Waals surface area contributed by atoms with Crippen molar-refractivity contribution in [1.29, 1.82) is 0 Å². The zero-order chi connectivity index (χ0) is 41.5. The molecule has 294 valence electrons. The van der Waals surface area contributed by atoms with E-state index in [1.54, 1.807) is 0 Å². The molecule has 2 nitrogen and oxygen atoms in total. The van der Waals surface area contributed by atoms with Crippen LogP contribution < -0.4 is 9.80 Å². The van der Waals surface area contributed by atoms with Crippen LogP contribution in [0.1, 0.15) is 22.3 Å². The first-order valence-electron chi connectivity index (χ1n) is 21.9. The molecule has 0 amide bonds. The summed E-state index contributed by atoms with van der Waals surface area (Å²) >= 11 is 0. The van der Waals surface area contributed by atoms with Gasteiger partial charge in [0, 0.05) is 34.1 Å². The standard InChI is InChI=1S/C61H40N2/c1-5-20-42(21-6-1)62(43-22-7-2-8-23-43)46-34-36-51-54(39-46)49-29-15-16-30-50(49)59-53-37-35-47(63(44-24-9-3-10-25-44)45-26-11-4-12-27-45)40-57(53)61(60(51)59)55-32-18-17-31-52(55)58-48-28-14-13-19-41(48)33-38-56(58)61/h1-40H. The van der Waals surface area contributed by atoms with Crippen molar-refractivity contribution in [2.75, 3.05) is 9.80 Å². The molecule has 11 aromatic carbocycles. The predicted octanol–water partition coefficient (Wildman–Crippen LogP) is 16.4. The van der Waals surface area contributed by atoms with Gasteiger partial charge in [0.05, 0.1) is 5.41 Å². The van der Waals surface area contributed by atoms with Crippen molar-refractivity contribution in [2.45, 2.75) is 5.41 Å². The third-order valence-corrected chi connectivity index (χ3v) is 13.6. The Morgan fingerprint density at radius 2 is 0.746 bits per heavy atom. The van der Waals surface area contributed by atoms with E-state index >= 15 is 0 Å². The zero-order valence-electron chi connectivity index (χ0n) is 34.5. The monoisotopic (exact) mass is 800 g/mol. The van der Waals surface area contributed by atoms with E-state index in [9.17, 15) is 0 Å². The zero-order valence-corrected chi connectivity index (χ0v) is 34.5. The Morgan fingerprint density at radius 1 is 0.254 bits per heavy atom. The number of benzene rings is 11.